The van der Waals surface area contributed by atoms with Gasteiger partial charge >= 0.3 is 0 Å². The number of amides is 1. The third kappa shape index (κ3) is 4.43. The predicted octanol–water partition coefficient (Wildman–Crippen LogP) is 2.99. The summed E-state index contributed by atoms with van der Waals surface area (Å²) in [4.78, 5) is 12.1. The summed E-state index contributed by atoms with van der Waals surface area (Å²) in [5.74, 6) is 6.02. The van der Waals surface area contributed by atoms with Crippen LogP contribution in [0.15, 0.2) is 48.5 Å². The van der Waals surface area contributed by atoms with Crippen LogP contribution in [0.5, 0.6) is 0 Å². The number of ether oxygens (including phenoxy) is 1. The van der Waals surface area contributed by atoms with E-state index in [0.717, 1.165) is 30.8 Å². The number of hydrogen-bond donors (Lipinski definition) is 1. The van der Waals surface area contributed by atoms with Gasteiger partial charge in [-0.1, -0.05) is 11.8 Å². The number of carbonyl (C=O) groups is 1. The van der Waals surface area contributed by atoms with Crippen LogP contribution in [0.2, 0.25) is 0 Å². The van der Waals surface area contributed by atoms with Crippen LogP contribution in [0.4, 0.5) is 4.39 Å². The van der Waals surface area contributed by atoms with Gasteiger partial charge in [-0.05, 0) is 55.0 Å². The lowest BCUT2D eigenvalue weighted by Gasteiger charge is -2.09. The van der Waals surface area contributed by atoms with Crippen molar-refractivity contribution in [3.63, 3.8) is 0 Å². The van der Waals surface area contributed by atoms with E-state index >= 15 is 0 Å². The molecule has 122 valence electrons. The molecule has 2 aromatic rings. The van der Waals surface area contributed by atoms with Crippen LogP contribution < -0.4 is 5.32 Å². The monoisotopic (exact) mass is 323 g/mol. The smallest absolute Gasteiger partial charge is 0.251 e. The van der Waals surface area contributed by atoms with E-state index in [9.17, 15) is 9.18 Å². The predicted molar refractivity (Wildman–Crippen MR) is 90.1 cm³/mol. The van der Waals surface area contributed by atoms with Crippen molar-refractivity contribution in [1.82, 2.24) is 5.32 Å². The molecule has 1 aliphatic rings. The van der Waals surface area contributed by atoms with E-state index in [1.54, 1.807) is 24.3 Å². The molecule has 3 nitrogen and oxygen atoms in total. The maximum absolute atomic E-state index is 12.8. The van der Waals surface area contributed by atoms with E-state index in [4.69, 9.17) is 4.74 Å². The van der Waals surface area contributed by atoms with Crippen LogP contribution >= 0.6 is 0 Å². The Morgan fingerprint density at radius 1 is 1.08 bits per heavy atom. The molecule has 0 aromatic heterocycles. The molecule has 4 heteroatoms. The van der Waals surface area contributed by atoms with E-state index < -0.39 is 0 Å². The molecule has 2 aromatic carbocycles. The number of nitrogens with one attached hydrogen (secondary N) is 1. The molecule has 1 atom stereocenters. The van der Waals surface area contributed by atoms with E-state index in [-0.39, 0.29) is 11.7 Å². The molecule has 1 N–H and O–H groups in total. The van der Waals surface area contributed by atoms with Gasteiger partial charge in [0.1, 0.15) is 5.82 Å². The number of carbonyl (C=O) groups excluding carboxylic acids is 1. The molecule has 1 heterocycles. The molecule has 0 aliphatic carbocycles. The molecule has 0 radical (unpaired) electrons. The summed E-state index contributed by atoms with van der Waals surface area (Å²) < 4.78 is 18.1. The molecule has 3 rings (SSSR count). The van der Waals surface area contributed by atoms with E-state index in [0.29, 0.717) is 18.0 Å². The van der Waals surface area contributed by atoms with Gasteiger partial charge in [0, 0.05) is 35.8 Å². The zero-order valence-electron chi connectivity index (χ0n) is 13.2. The van der Waals surface area contributed by atoms with Crippen molar-refractivity contribution < 1.29 is 13.9 Å². The lowest BCUT2D eigenvalue weighted by Crippen LogP contribution is -2.29. The van der Waals surface area contributed by atoms with Gasteiger partial charge in [0.15, 0.2) is 0 Å². The Morgan fingerprint density at radius 3 is 2.29 bits per heavy atom. The van der Waals surface area contributed by atoms with Gasteiger partial charge in [0.2, 0.25) is 0 Å². The van der Waals surface area contributed by atoms with Crippen molar-refractivity contribution in [2.45, 2.75) is 6.42 Å². The molecule has 0 unspecified atom stereocenters. The van der Waals surface area contributed by atoms with Crippen LogP contribution in [-0.4, -0.2) is 25.7 Å². The van der Waals surface area contributed by atoms with Crippen LogP contribution in [-0.2, 0) is 4.74 Å². The first-order valence-electron chi connectivity index (χ1n) is 7.94. The first-order valence-corrected chi connectivity index (χ1v) is 7.94. The zero-order valence-corrected chi connectivity index (χ0v) is 13.2. The molecule has 1 saturated heterocycles. The minimum Gasteiger partial charge on any atom is -0.381 e. The minimum atomic E-state index is -0.278. The van der Waals surface area contributed by atoms with Crippen LogP contribution in [0.25, 0.3) is 0 Å². The summed E-state index contributed by atoms with van der Waals surface area (Å²) in [6, 6.07) is 13.2. The van der Waals surface area contributed by atoms with Gasteiger partial charge in [-0.2, -0.15) is 0 Å². The van der Waals surface area contributed by atoms with E-state index in [2.05, 4.69) is 17.2 Å². The maximum atomic E-state index is 12.8. The molecule has 1 amide bonds. The Labute approximate surface area is 140 Å². The van der Waals surface area contributed by atoms with Crippen LogP contribution in [0.3, 0.4) is 0 Å². The number of benzene rings is 2. The summed E-state index contributed by atoms with van der Waals surface area (Å²) in [6.45, 7) is 2.14. The molecule has 0 bridgehead atoms. The standard InChI is InChI=1S/C20H18FNO2/c21-19-9-5-16(6-10-19)2-1-15-3-7-18(8-4-15)20(23)22-13-17-11-12-24-14-17/h3-10,17H,11-14H2,(H,22,23)/t17-/m1/s1. The molecule has 1 aliphatic heterocycles. The van der Waals surface area contributed by atoms with Crippen molar-refractivity contribution in [3.05, 3.63) is 71.0 Å². The molecular formula is C20H18FNO2. The summed E-state index contributed by atoms with van der Waals surface area (Å²) >= 11 is 0. The van der Waals surface area contributed by atoms with Crippen molar-refractivity contribution in [3.8, 4) is 11.8 Å². The van der Waals surface area contributed by atoms with E-state index in [1.165, 1.54) is 12.1 Å². The third-order valence-corrected chi connectivity index (χ3v) is 3.92. The van der Waals surface area contributed by atoms with Crippen LogP contribution in [0.1, 0.15) is 27.9 Å². The molecule has 1 fully saturated rings. The first-order chi connectivity index (χ1) is 11.7. The fourth-order valence-electron chi connectivity index (χ4n) is 2.47. The highest BCUT2D eigenvalue weighted by atomic mass is 19.1. The Balaban J connectivity index is 1.58. The Kier molecular flexibility index (Phi) is 5.25. The third-order valence-electron chi connectivity index (χ3n) is 3.92. The lowest BCUT2D eigenvalue weighted by atomic mass is 10.1. The number of halogens is 1. The summed E-state index contributed by atoms with van der Waals surface area (Å²) in [6.07, 6.45) is 0.998. The first kappa shape index (κ1) is 16.2. The van der Waals surface area contributed by atoms with Crippen molar-refractivity contribution >= 4 is 5.91 Å². The number of hydrogen-bond acceptors (Lipinski definition) is 2. The van der Waals surface area contributed by atoms with Crippen molar-refractivity contribution in [2.24, 2.45) is 5.92 Å². The fraction of sp³-hybridized carbons (Fsp3) is 0.250. The zero-order chi connectivity index (χ0) is 16.8. The van der Waals surface area contributed by atoms with Gasteiger partial charge in [-0.25, -0.2) is 4.39 Å². The fourth-order valence-corrected chi connectivity index (χ4v) is 2.47. The topological polar surface area (TPSA) is 38.3 Å². The van der Waals surface area contributed by atoms with Crippen LogP contribution in [0, 0.1) is 23.6 Å². The van der Waals surface area contributed by atoms with Gasteiger partial charge in [-0.3, -0.25) is 4.79 Å². The van der Waals surface area contributed by atoms with Gasteiger partial charge in [0.25, 0.3) is 5.91 Å². The average molecular weight is 323 g/mol. The quantitative estimate of drug-likeness (QED) is 0.882. The molecule has 0 saturated carbocycles. The highest BCUT2D eigenvalue weighted by molar-refractivity contribution is 5.94. The Morgan fingerprint density at radius 2 is 1.71 bits per heavy atom. The molecule has 24 heavy (non-hydrogen) atoms. The second-order valence-electron chi connectivity index (χ2n) is 5.77. The molecular weight excluding hydrogens is 305 g/mol. The second-order valence-corrected chi connectivity index (χ2v) is 5.77. The second kappa shape index (κ2) is 7.76. The minimum absolute atomic E-state index is 0.0834. The van der Waals surface area contributed by atoms with Crippen molar-refractivity contribution in [1.29, 1.82) is 0 Å². The highest BCUT2D eigenvalue weighted by Crippen LogP contribution is 2.11. The average Bonchev–Trinajstić information content (AvgIpc) is 3.13. The largest absolute Gasteiger partial charge is 0.381 e. The highest BCUT2D eigenvalue weighted by Gasteiger charge is 2.16. The number of rotatable bonds is 3. The van der Waals surface area contributed by atoms with E-state index in [1.807, 2.05) is 12.1 Å². The molecule has 0 spiro atoms. The summed E-state index contributed by atoms with van der Waals surface area (Å²) in [7, 11) is 0. The normalized spacial score (nSPS) is 16.3. The van der Waals surface area contributed by atoms with Crippen molar-refractivity contribution in [2.75, 3.05) is 19.8 Å². The lowest BCUT2D eigenvalue weighted by molar-refractivity contribution is 0.0945. The maximum Gasteiger partial charge on any atom is 0.251 e. The summed E-state index contributed by atoms with van der Waals surface area (Å²) in [5, 5.41) is 2.93. The Hall–Kier alpha value is -2.64. The Bertz CT molecular complexity index is 751. The van der Waals surface area contributed by atoms with Gasteiger partial charge in [-0.15, -0.1) is 0 Å². The summed E-state index contributed by atoms with van der Waals surface area (Å²) in [5.41, 5.74) is 2.17. The van der Waals surface area contributed by atoms with Gasteiger partial charge < -0.3 is 10.1 Å². The van der Waals surface area contributed by atoms with Gasteiger partial charge in [0.05, 0.1) is 6.61 Å². The SMILES string of the molecule is O=C(NC[C@H]1CCOC1)c1ccc(C#Cc2ccc(F)cc2)cc1.